The molecule has 1 unspecified atom stereocenters. The molecule has 11 aromatic rings. The molecule has 1 aliphatic rings. The van der Waals surface area contributed by atoms with Crippen LogP contribution in [0.5, 0.6) is 0 Å². The fourth-order valence-electron chi connectivity index (χ4n) is 8.74. The van der Waals surface area contributed by atoms with Crippen LogP contribution in [-0.4, -0.2) is 16.2 Å². The molecular weight excluding hydrogens is 717 g/mol. The topological polar surface area (TPSA) is 54.8 Å². The van der Waals surface area contributed by atoms with Crippen LogP contribution >= 0.6 is 11.3 Å². The van der Waals surface area contributed by atoms with Crippen molar-refractivity contribution < 1.29 is 4.42 Å². The SMILES string of the molecule is c1ccc(C2=NC(c3cccc4c3sc3cccc(-c5ccc6oc7cccc(-n8c9ccccc9c9ccccc98)c7c6c5)c34)NC(c3ccccc3)=N2)cc1. The van der Waals surface area contributed by atoms with Crippen LogP contribution < -0.4 is 5.32 Å². The molecule has 0 aliphatic carbocycles. The maximum absolute atomic E-state index is 6.57. The van der Waals surface area contributed by atoms with E-state index >= 15 is 0 Å². The predicted octanol–water partition coefficient (Wildman–Crippen LogP) is 13.2. The van der Waals surface area contributed by atoms with Crippen LogP contribution in [0.2, 0.25) is 0 Å². The smallest absolute Gasteiger partial charge is 0.159 e. The van der Waals surface area contributed by atoms with Gasteiger partial charge < -0.3 is 14.3 Å². The summed E-state index contributed by atoms with van der Waals surface area (Å²) in [5, 5.41) is 10.8. The lowest BCUT2D eigenvalue weighted by atomic mass is 9.97. The Kier molecular flexibility index (Phi) is 7.09. The lowest BCUT2D eigenvalue weighted by Gasteiger charge is -2.24. The van der Waals surface area contributed by atoms with E-state index in [2.05, 4.69) is 155 Å². The molecular formula is C51H32N4OS. The fraction of sp³-hybridized carbons (Fsp3) is 0.0196. The zero-order valence-electron chi connectivity index (χ0n) is 30.6. The molecule has 3 aromatic heterocycles. The third kappa shape index (κ3) is 5.01. The first-order valence-corrected chi connectivity index (χ1v) is 20.0. The molecule has 8 aromatic carbocycles. The van der Waals surface area contributed by atoms with Crippen LogP contribution in [-0.2, 0) is 0 Å². The third-order valence-corrected chi connectivity index (χ3v) is 12.5. The van der Waals surface area contributed by atoms with Crippen molar-refractivity contribution in [2.75, 3.05) is 0 Å². The highest BCUT2D eigenvalue weighted by molar-refractivity contribution is 7.26. The predicted molar refractivity (Wildman–Crippen MR) is 238 cm³/mol. The maximum atomic E-state index is 6.57. The molecule has 0 amide bonds. The van der Waals surface area contributed by atoms with E-state index in [0.717, 1.165) is 61.6 Å². The average molecular weight is 749 g/mol. The molecule has 0 radical (unpaired) electrons. The van der Waals surface area contributed by atoms with E-state index in [-0.39, 0.29) is 6.17 Å². The van der Waals surface area contributed by atoms with Gasteiger partial charge >= 0.3 is 0 Å². The van der Waals surface area contributed by atoms with Crippen LogP contribution in [0.1, 0.15) is 22.9 Å². The van der Waals surface area contributed by atoms with Gasteiger partial charge in [-0.3, -0.25) is 0 Å². The molecule has 0 spiro atoms. The fourth-order valence-corrected chi connectivity index (χ4v) is 10.0. The second kappa shape index (κ2) is 12.6. The van der Waals surface area contributed by atoms with Crippen LogP contribution in [0, 0.1) is 0 Å². The number of para-hydroxylation sites is 2. The maximum Gasteiger partial charge on any atom is 0.159 e. The van der Waals surface area contributed by atoms with Crippen LogP contribution in [0.15, 0.2) is 196 Å². The normalized spacial score (nSPS) is 14.5. The number of furan rings is 1. The molecule has 5 nitrogen and oxygen atoms in total. The molecule has 4 heterocycles. The second-order valence-electron chi connectivity index (χ2n) is 14.5. The van der Waals surface area contributed by atoms with Gasteiger partial charge in [-0.25, -0.2) is 9.98 Å². The van der Waals surface area contributed by atoms with Gasteiger partial charge in [0.25, 0.3) is 0 Å². The molecule has 0 fully saturated rings. The Hall–Kier alpha value is -7.28. The molecule has 268 valence electrons. The Morgan fingerprint density at radius 2 is 1.21 bits per heavy atom. The summed E-state index contributed by atoms with van der Waals surface area (Å²) >= 11 is 1.82. The Labute approximate surface area is 331 Å². The number of aliphatic imine (C=N–C) groups is 2. The first kappa shape index (κ1) is 32.0. The van der Waals surface area contributed by atoms with Gasteiger partial charge in [0.1, 0.15) is 23.2 Å². The largest absolute Gasteiger partial charge is 0.456 e. The lowest BCUT2D eigenvalue weighted by molar-refractivity contribution is 0.669. The first-order valence-electron chi connectivity index (χ1n) is 19.2. The summed E-state index contributed by atoms with van der Waals surface area (Å²) in [6, 6.07) is 64.2. The van der Waals surface area contributed by atoms with Crippen LogP contribution in [0.25, 0.3) is 80.7 Å². The Morgan fingerprint density at radius 3 is 2.00 bits per heavy atom. The minimum Gasteiger partial charge on any atom is -0.456 e. The van der Waals surface area contributed by atoms with Gasteiger partial charge in [0.2, 0.25) is 0 Å². The van der Waals surface area contributed by atoms with Gasteiger partial charge in [-0.05, 0) is 53.6 Å². The Bertz CT molecular complexity index is 3390. The summed E-state index contributed by atoms with van der Waals surface area (Å²) in [5.74, 6) is 1.53. The minimum atomic E-state index is -0.318. The summed E-state index contributed by atoms with van der Waals surface area (Å²) in [6.45, 7) is 0. The first-order chi connectivity index (χ1) is 28.3. The number of nitrogens with one attached hydrogen (secondary N) is 1. The number of hydrogen-bond donors (Lipinski definition) is 1. The number of amidine groups is 2. The standard InChI is InChI=1S/C51H32N4OS/c1-3-14-31(15-4-1)49-52-50(32-16-5-2-6-17-32)54-51(53-49)38-22-11-21-37-46-34(20-12-27-45(46)57-48(37)38)33-28-29-43-39(30-33)47-42(25-13-26-44(47)56-43)55-40-23-9-7-18-35(40)36-19-8-10-24-41(36)55/h1-30,51H,(H,52,53,54). The van der Waals surface area contributed by atoms with Crippen molar-refractivity contribution >= 4 is 86.9 Å². The number of rotatable bonds is 5. The van der Waals surface area contributed by atoms with Gasteiger partial charge in [0.15, 0.2) is 5.84 Å². The summed E-state index contributed by atoms with van der Waals surface area (Å²) in [6.07, 6.45) is -0.318. The molecule has 1 atom stereocenters. The van der Waals surface area contributed by atoms with Crippen molar-refractivity contribution in [1.29, 1.82) is 0 Å². The van der Waals surface area contributed by atoms with Gasteiger partial charge in [-0.1, -0.05) is 140 Å². The van der Waals surface area contributed by atoms with E-state index in [1.807, 2.05) is 47.7 Å². The van der Waals surface area contributed by atoms with Gasteiger partial charge in [-0.15, -0.1) is 11.3 Å². The van der Waals surface area contributed by atoms with E-state index in [0.29, 0.717) is 0 Å². The van der Waals surface area contributed by atoms with Crippen molar-refractivity contribution in [3.8, 4) is 16.8 Å². The molecule has 0 saturated carbocycles. The summed E-state index contributed by atoms with van der Waals surface area (Å²) in [7, 11) is 0. The number of hydrogen-bond acceptors (Lipinski definition) is 5. The average Bonchev–Trinajstić information content (AvgIpc) is 3.96. The Balaban J connectivity index is 1.03. The van der Waals surface area contributed by atoms with Crippen molar-refractivity contribution in [3.63, 3.8) is 0 Å². The zero-order valence-corrected chi connectivity index (χ0v) is 31.4. The molecule has 12 rings (SSSR count). The molecule has 0 bridgehead atoms. The molecule has 6 heteroatoms. The van der Waals surface area contributed by atoms with Crippen LogP contribution in [0.3, 0.4) is 0 Å². The number of nitrogens with zero attached hydrogens (tertiary/aromatic N) is 3. The highest BCUT2D eigenvalue weighted by atomic mass is 32.1. The molecule has 1 N–H and O–H groups in total. The number of aromatic nitrogens is 1. The van der Waals surface area contributed by atoms with E-state index in [1.54, 1.807) is 0 Å². The number of benzene rings is 8. The highest BCUT2D eigenvalue weighted by Crippen LogP contribution is 2.45. The Morgan fingerprint density at radius 1 is 0.526 bits per heavy atom. The summed E-state index contributed by atoms with van der Waals surface area (Å²) in [5.41, 5.74) is 10.7. The van der Waals surface area contributed by atoms with Crippen molar-refractivity contribution in [1.82, 2.24) is 9.88 Å². The van der Waals surface area contributed by atoms with E-state index in [9.17, 15) is 0 Å². The quantitative estimate of drug-likeness (QED) is 0.191. The van der Waals surface area contributed by atoms with E-state index in [4.69, 9.17) is 14.4 Å². The highest BCUT2D eigenvalue weighted by Gasteiger charge is 2.25. The molecule has 57 heavy (non-hydrogen) atoms. The third-order valence-electron chi connectivity index (χ3n) is 11.3. The van der Waals surface area contributed by atoms with Crippen molar-refractivity contribution in [2.24, 2.45) is 9.98 Å². The monoisotopic (exact) mass is 748 g/mol. The van der Waals surface area contributed by atoms with Crippen LogP contribution in [0.4, 0.5) is 0 Å². The van der Waals surface area contributed by atoms with Crippen molar-refractivity contribution in [3.05, 3.63) is 199 Å². The van der Waals surface area contributed by atoms with Gasteiger partial charge in [0.05, 0.1) is 22.1 Å². The van der Waals surface area contributed by atoms with E-state index < -0.39 is 0 Å². The second-order valence-corrected chi connectivity index (χ2v) is 15.6. The summed E-state index contributed by atoms with van der Waals surface area (Å²) in [4.78, 5) is 10.3. The molecule has 1 aliphatic heterocycles. The minimum absolute atomic E-state index is 0.318. The number of thiophene rings is 1. The summed E-state index contributed by atoms with van der Waals surface area (Å²) < 4.78 is 11.4. The molecule has 0 saturated heterocycles. The number of fused-ring (bicyclic) bond motifs is 9. The van der Waals surface area contributed by atoms with E-state index in [1.165, 1.54) is 47.5 Å². The van der Waals surface area contributed by atoms with Gasteiger partial charge in [0, 0.05) is 53.0 Å². The van der Waals surface area contributed by atoms with Crippen molar-refractivity contribution in [2.45, 2.75) is 6.17 Å². The lowest BCUT2D eigenvalue weighted by Crippen LogP contribution is -2.33. The van der Waals surface area contributed by atoms with Gasteiger partial charge in [-0.2, -0.15) is 0 Å². The zero-order chi connectivity index (χ0) is 37.5.